The Morgan fingerprint density at radius 3 is 2.54 bits per heavy atom. The van der Waals surface area contributed by atoms with E-state index in [4.69, 9.17) is 5.73 Å². The minimum absolute atomic E-state index is 0.311. The fourth-order valence-electron chi connectivity index (χ4n) is 1.41. The minimum atomic E-state index is -0.549. The van der Waals surface area contributed by atoms with Gasteiger partial charge in [0.2, 0.25) is 0 Å². The molecular formula is C10H15FN2. The van der Waals surface area contributed by atoms with Crippen LogP contribution in [0.2, 0.25) is 0 Å². The largest absolute Gasteiger partial charge is 0.321 e. The number of pyridine rings is 1. The van der Waals surface area contributed by atoms with Crippen molar-refractivity contribution >= 4 is 0 Å². The number of halogens is 1. The van der Waals surface area contributed by atoms with Gasteiger partial charge in [0, 0.05) is 17.3 Å². The summed E-state index contributed by atoms with van der Waals surface area (Å²) in [6.45, 7) is 3.92. The van der Waals surface area contributed by atoms with Crippen molar-refractivity contribution in [1.82, 2.24) is 4.98 Å². The maximum absolute atomic E-state index is 13.3. The lowest BCUT2D eigenvalue weighted by molar-refractivity contribution is 0.391. The Labute approximate surface area is 78.0 Å². The van der Waals surface area contributed by atoms with Crippen LogP contribution in [0.5, 0.6) is 0 Å². The van der Waals surface area contributed by atoms with Gasteiger partial charge >= 0.3 is 0 Å². The maximum atomic E-state index is 13.3. The summed E-state index contributed by atoms with van der Waals surface area (Å²) in [6.07, 6.45) is 4.24. The zero-order valence-electron chi connectivity index (χ0n) is 8.05. The molecule has 0 bridgehead atoms. The summed E-state index contributed by atoms with van der Waals surface area (Å²) in [5.74, 6) is -0.311. The summed E-state index contributed by atoms with van der Waals surface area (Å²) in [6, 6.07) is 1.66. The molecule has 13 heavy (non-hydrogen) atoms. The molecule has 0 spiro atoms. The van der Waals surface area contributed by atoms with Crippen molar-refractivity contribution in [3.8, 4) is 0 Å². The van der Waals surface area contributed by atoms with Gasteiger partial charge in [0.15, 0.2) is 0 Å². The fourth-order valence-corrected chi connectivity index (χ4v) is 1.41. The van der Waals surface area contributed by atoms with E-state index >= 15 is 0 Å². The van der Waals surface area contributed by atoms with Crippen molar-refractivity contribution in [2.45, 2.75) is 32.2 Å². The standard InChI is InChI=1S/C10H15FN2/c1-3-10(12,4-2)8-5-6-13-7-9(8)11/h5-7H,3-4,12H2,1-2H3. The molecule has 1 aromatic heterocycles. The van der Waals surface area contributed by atoms with Crippen LogP contribution in [0.1, 0.15) is 32.3 Å². The smallest absolute Gasteiger partial charge is 0.146 e. The van der Waals surface area contributed by atoms with E-state index in [2.05, 4.69) is 4.98 Å². The molecule has 0 aliphatic carbocycles. The molecular weight excluding hydrogens is 167 g/mol. The molecule has 0 saturated heterocycles. The monoisotopic (exact) mass is 182 g/mol. The van der Waals surface area contributed by atoms with Gasteiger partial charge in [-0.3, -0.25) is 4.98 Å². The molecule has 1 rings (SSSR count). The second kappa shape index (κ2) is 3.83. The van der Waals surface area contributed by atoms with Gasteiger partial charge in [-0.25, -0.2) is 4.39 Å². The van der Waals surface area contributed by atoms with E-state index in [9.17, 15) is 4.39 Å². The lowest BCUT2D eigenvalue weighted by Gasteiger charge is -2.27. The summed E-state index contributed by atoms with van der Waals surface area (Å²) in [5, 5.41) is 0. The molecule has 0 aliphatic rings. The number of hydrogen-bond donors (Lipinski definition) is 1. The topological polar surface area (TPSA) is 38.9 Å². The molecule has 0 aliphatic heterocycles. The number of rotatable bonds is 3. The van der Waals surface area contributed by atoms with Crippen LogP contribution >= 0.6 is 0 Å². The van der Waals surface area contributed by atoms with Crippen LogP contribution in [0.4, 0.5) is 4.39 Å². The van der Waals surface area contributed by atoms with E-state index < -0.39 is 5.54 Å². The van der Waals surface area contributed by atoms with Crippen LogP contribution in [0.25, 0.3) is 0 Å². The molecule has 0 amide bonds. The number of hydrogen-bond acceptors (Lipinski definition) is 2. The average Bonchev–Trinajstić information content (AvgIpc) is 2.17. The second-order valence-electron chi connectivity index (χ2n) is 3.22. The third kappa shape index (κ3) is 1.86. The first-order valence-electron chi connectivity index (χ1n) is 4.53. The predicted octanol–water partition coefficient (Wildman–Crippen LogP) is 2.19. The van der Waals surface area contributed by atoms with Crippen LogP contribution in [0.15, 0.2) is 18.5 Å². The first-order chi connectivity index (χ1) is 6.14. The molecule has 72 valence electrons. The number of nitrogens with zero attached hydrogens (tertiary/aromatic N) is 1. The Kier molecular flexibility index (Phi) is 2.98. The zero-order chi connectivity index (χ0) is 9.90. The summed E-state index contributed by atoms with van der Waals surface area (Å²) >= 11 is 0. The number of aromatic nitrogens is 1. The number of nitrogens with two attached hydrogens (primary N) is 1. The fraction of sp³-hybridized carbons (Fsp3) is 0.500. The van der Waals surface area contributed by atoms with Crippen molar-refractivity contribution in [2.24, 2.45) is 5.73 Å². The van der Waals surface area contributed by atoms with Gasteiger partial charge < -0.3 is 5.73 Å². The second-order valence-corrected chi connectivity index (χ2v) is 3.22. The van der Waals surface area contributed by atoms with Crippen LogP contribution in [0, 0.1) is 5.82 Å². The highest BCUT2D eigenvalue weighted by Crippen LogP contribution is 2.26. The lowest BCUT2D eigenvalue weighted by Crippen LogP contribution is -2.36. The normalized spacial score (nSPS) is 11.7. The molecule has 0 unspecified atom stereocenters. The molecule has 1 aromatic rings. The average molecular weight is 182 g/mol. The minimum Gasteiger partial charge on any atom is -0.321 e. The summed E-state index contributed by atoms with van der Waals surface area (Å²) in [7, 11) is 0. The molecule has 0 saturated carbocycles. The van der Waals surface area contributed by atoms with Gasteiger partial charge in [-0.05, 0) is 18.9 Å². The molecule has 0 fully saturated rings. The van der Waals surface area contributed by atoms with Crippen LogP contribution in [-0.2, 0) is 5.54 Å². The Hall–Kier alpha value is -0.960. The molecule has 2 nitrogen and oxygen atoms in total. The van der Waals surface area contributed by atoms with E-state index in [1.165, 1.54) is 6.20 Å². The molecule has 1 heterocycles. The molecule has 3 heteroatoms. The van der Waals surface area contributed by atoms with Gasteiger partial charge in [0.1, 0.15) is 5.82 Å². The van der Waals surface area contributed by atoms with Crippen molar-refractivity contribution in [2.75, 3.05) is 0 Å². The third-order valence-electron chi connectivity index (χ3n) is 2.57. The Morgan fingerprint density at radius 2 is 2.08 bits per heavy atom. The molecule has 0 radical (unpaired) electrons. The van der Waals surface area contributed by atoms with Crippen LogP contribution in [0.3, 0.4) is 0 Å². The van der Waals surface area contributed by atoms with Crippen LogP contribution in [-0.4, -0.2) is 4.98 Å². The predicted molar refractivity (Wildman–Crippen MR) is 50.6 cm³/mol. The van der Waals surface area contributed by atoms with Gasteiger partial charge in [0.25, 0.3) is 0 Å². The van der Waals surface area contributed by atoms with Gasteiger partial charge in [-0.1, -0.05) is 13.8 Å². The van der Waals surface area contributed by atoms with Gasteiger partial charge in [0.05, 0.1) is 6.20 Å². The molecule has 2 N–H and O–H groups in total. The highest BCUT2D eigenvalue weighted by Gasteiger charge is 2.25. The Morgan fingerprint density at radius 1 is 1.46 bits per heavy atom. The first-order valence-corrected chi connectivity index (χ1v) is 4.53. The van der Waals surface area contributed by atoms with E-state index in [-0.39, 0.29) is 5.82 Å². The van der Waals surface area contributed by atoms with Gasteiger partial charge in [-0.15, -0.1) is 0 Å². The van der Waals surface area contributed by atoms with Gasteiger partial charge in [-0.2, -0.15) is 0 Å². The summed E-state index contributed by atoms with van der Waals surface area (Å²) in [4.78, 5) is 3.70. The van der Waals surface area contributed by atoms with E-state index in [0.29, 0.717) is 5.56 Å². The van der Waals surface area contributed by atoms with E-state index in [1.807, 2.05) is 13.8 Å². The SMILES string of the molecule is CCC(N)(CC)c1ccncc1F. The summed E-state index contributed by atoms with van der Waals surface area (Å²) in [5.41, 5.74) is 6.06. The molecule has 0 aromatic carbocycles. The van der Waals surface area contributed by atoms with Crippen molar-refractivity contribution < 1.29 is 4.39 Å². The quantitative estimate of drug-likeness (QED) is 0.778. The Bertz CT molecular complexity index is 282. The van der Waals surface area contributed by atoms with Crippen molar-refractivity contribution in [3.63, 3.8) is 0 Å². The highest BCUT2D eigenvalue weighted by atomic mass is 19.1. The maximum Gasteiger partial charge on any atom is 0.146 e. The van der Waals surface area contributed by atoms with E-state index in [0.717, 1.165) is 12.8 Å². The summed E-state index contributed by atoms with van der Waals surface area (Å²) < 4.78 is 13.3. The van der Waals surface area contributed by atoms with E-state index in [1.54, 1.807) is 12.3 Å². The van der Waals surface area contributed by atoms with Crippen molar-refractivity contribution in [1.29, 1.82) is 0 Å². The lowest BCUT2D eigenvalue weighted by atomic mass is 9.86. The third-order valence-corrected chi connectivity index (χ3v) is 2.57. The Balaban J connectivity index is 3.12. The molecule has 0 atom stereocenters. The highest BCUT2D eigenvalue weighted by molar-refractivity contribution is 5.22. The first kappa shape index (κ1) is 10.1. The van der Waals surface area contributed by atoms with Crippen LogP contribution < -0.4 is 5.73 Å². The van der Waals surface area contributed by atoms with Crippen molar-refractivity contribution in [3.05, 3.63) is 29.8 Å². The zero-order valence-corrected chi connectivity index (χ0v) is 8.05.